The maximum absolute atomic E-state index is 12.6. The molecule has 1 aliphatic heterocycles. The van der Waals surface area contributed by atoms with Gasteiger partial charge in [0.25, 0.3) is 5.91 Å². The van der Waals surface area contributed by atoms with Crippen molar-refractivity contribution in [2.45, 2.75) is 23.6 Å². The Kier molecular flexibility index (Phi) is 5.93. The van der Waals surface area contributed by atoms with E-state index in [2.05, 4.69) is 5.32 Å². The minimum Gasteiger partial charge on any atom is -0.486 e. The Labute approximate surface area is 184 Å². The lowest BCUT2D eigenvalue weighted by atomic mass is 10.1. The number of nitrogens with one attached hydrogen (secondary N) is 1. The summed E-state index contributed by atoms with van der Waals surface area (Å²) in [5, 5.41) is 3.29. The maximum atomic E-state index is 12.6. The molecule has 2 aromatic carbocycles. The molecule has 1 aromatic heterocycles. The predicted octanol–water partition coefficient (Wildman–Crippen LogP) is 4.17. The van der Waals surface area contributed by atoms with Crippen LogP contribution in [-0.4, -0.2) is 27.5 Å². The third-order valence-electron chi connectivity index (χ3n) is 4.80. The van der Waals surface area contributed by atoms with Crippen molar-refractivity contribution in [1.29, 1.82) is 0 Å². The molecule has 1 aliphatic rings. The second-order valence-corrected chi connectivity index (χ2v) is 9.50. The molecule has 7 nitrogen and oxygen atoms in total. The Hall–Kier alpha value is -2.97. The number of carbonyl (C=O) groups is 1. The molecule has 1 amide bonds. The normalized spacial score (nSPS) is 14.1. The highest BCUT2D eigenvalue weighted by Gasteiger charge is 2.21. The number of amides is 1. The molecule has 0 bridgehead atoms. The van der Waals surface area contributed by atoms with Crippen molar-refractivity contribution in [3.63, 3.8) is 0 Å². The molecule has 0 spiro atoms. The van der Waals surface area contributed by atoms with Gasteiger partial charge >= 0.3 is 0 Å². The van der Waals surface area contributed by atoms with Gasteiger partial charge in [0.05, 0.1) is 10.9 Å². The number of sulfone groups is 1. The fourth-order valence-corrected chi connectivity index (χ4v) is 4.54. The first-order chi connectivity index (χ1) is 14.8. The zero-order valence-corrected chi connectivity index (χ0v) is 18.2. The van der Waals surface area contributed by atoms with Gasteiger partial charge in [0.2, 0.25) is 0 Å². The highest BCUT2D eigenvalue weighted by molar-refractivity contribution is 7.90. The molecule has 0 saturated heterocycles. The second-order valence-electron chi connectivity index (χ2n) is 7.08. The minimum atomic E-state index is -3.63. The predicted molar refractivity (Wildman–Crippen MR) is 114 cm³/mol. The van der Waals surface area contributed by atoms with Gasteiger partial charge in [-0.15, -0.1) is 0 Å². The van der Waals surface area contributed by atoms with Crippen LogP contribution in [0.2, 0.25) is 5.02 Å². The molecule has 3 aromatic rings. The number of halogens is 1. The molecule has 31 heavy (non-hydrogen) atoms. The van der Waals surface area contributed by atoms with Gasteiger partial charge in [-0.05, 0) is 61.0 Å². The van der Waals surface area contributed by atoms with Crippen molar-refractivity contribution in [2.75, 3.05) is 13.2 Å². The van der Waals surface area contributed by atoms with Gasteiger partial charge in [0, 0.05) is 5.02 Å². The standard InChI is InChI=1S/C22H20ClNO6S/c1-14(15-2-8-19-21(12-15)29-11-10-28-19)24-22(25)20-9-5-17(30-20)13-31(26,27)18-6-3-16(23)4-7-18/h2-9,12,14H,10-11,13H2,1H3,(H,24,25)/t14-/m1/s1. The average Bonchev–Trinajstić information content (AvgIpc) is 3.21. The van der Waals surface area contributed by atoms with Crippen molar-refractivity contribution in [3.05, 3.63) is 76.7 Å². The lowest BCUT2D eigenvalue weighted by Crippen LogP contribution is -2.26. The van der Waals surface area contributed by atoms with E-state index >= 15 is 0 Å². The molecule has 162 valence electrons. The fourth-order valence-electron chi connectivity index (χ4n) is 3.17. The van der Waals surface area contributed by atoms with Gasteiger partial charge in [0.1, 0.15) is 24.7 Å². The fraction of sp³-hybridized carbons (Fsp3) is 0.227. The van der Waals surface area contributed by atoms with E-state index in [4.69, 9.17) is 25.5 Å². The van der Waals surface area contributed by atoms with Gasteiger partial charge in [-0.2, -0.15) is 0 Å². The molecule has 1 N–H and O–H groups in total. The van der Waals surface area contributed by atoms with Gasteiger partial charge in [-0.25, -0.2) is 8.42 Å². The van der Waals surface area contributed by atoms with E-state index in [0.29, 0.717) is 29.7 Å². The molecule has 0 aliphatic carbocycles. The number of fused-ring (bicyclic) bond motifs is 1. The van der Waals surface area contributed by atoms with Crippen molar-refractivity contribution in [1.82, 2.24) is 5.32 Å². The van der Waals surface area contributed by atoms with Crippen LogP contribution in [0.15, 0.2) is 63.9 Å². The first-order valence-corrected chi connectivity index (χ1v) is 11.6. The number of carbonyl (C=O) groups excluding carboxylic acids is 1. The molecule has 2 heterocycles. The van der Waals surface area contributed by atoms with Crippen LogP contribution in [0.5, 0.6) is 11.5 Å². The van der Waals surface area contributed by atoms with Crippen LogP contribution in [0.1, 0.15) is 34.8 Å². The summed E-state index contributed by atoms with van der Waals surface area (Å²) in [4.78, 5) is 12.7. The third-order valence-corrected chi connectivity index (χ3v) is 6.71. The van der Waals surface area contributed by atoms with Crippen LogP contribution >= 0.6 is 11.6 Å². The van der Waals surface area contributed by atoms with E-state index in [-0.39, 0.29) is 28.2 Å². The zero-order chi connectivity index (χ0) is 22.0. The van der Waals surface area contributed by atoms with E-state index in [1.165, 1.54) is 36.4 Å². The first-order valence-electron chi connectivity index (χ1n) is 9.59. The molecule has 0 unspecified atom stereocenters. The average molecular weight is 462 g/mol. The number of ether oxygens (including phenoxy) is 2. The number of furan rings is 1. The van der Waals surface area contributed by atoms with Crippen LogP contribution in [0, 0.1) is 0 Å². The van der Waals surface area contributed by atoms with E-state index < -0.39 is 15.7 Å². The summed E-state index contributed by atoms with van der Waals surface area (Å²) in [6, 6.07) is 14.0. The van der Waals surface area contributed by atoms with E-state index in [1.54, 1.807) is 6.07 Å². The SMILES string of the molecule is C[C@@H](NC(=O)c1ccc(CS(=O)(=O)c2ccc(Cl)cc2)o1)c1ccc2c(c1)OCCO2. The van der Waals surface area contributed by atoms with Gasteiger partial charge in [-0.1, -0.05) is 17.7 Å². The van der Waals surface area contributed by atoms with Crippen molar-refractivity contribution in [3.8, 4) is 11.5 Å². The topological polar surface area (TPSA) is 94.8 Å². The third kappa shape index (κ3) is 4.86. The Morgan fingerprint density at radius 1 is 1.03 bits per heavy atom. The van der Waals surface area contributed by atoms with Gasteiger partial charge in [0.15, 0.2) is 27.1 Å². The highest BCUT2D eigenvalue weighted by Crippen LogP contribution is 2.32. The summed E-state index contributed by atoms with van der Waals surface area (Å²) in [5.41, 5.74) is 0.842. The monoisotopic (exact) mass is 461 g/mol. The summed E-state index contributed by atoms with van der Waals surface area (Å²) < 4.78 is 41.7. The molecule has 0 saturated carbocycles. The van der Waals surface area contributed by atoms with Crippen molar-refractivity contribution >= 4 is 27.3 Å². The van der Waals surface area contributed by atoms with E-state index in [9.17, 15) is 13.2 Å². The highest BCUT2D eigenvalue weighted by atomic mass is 35.5. The Bertz CT molecular complexity index is 1200. The van der Waals surface area contributed by atoms with E-state index in [1.807, 2.05) is 19.1 Å². The van der Waals surface area contributed by atoms with Gasteiger partial charge < -0.3 is 19.2 Å². The largest absolute Gasteiger partial charge is 0.486 e. The van der Waals surface area contributed by atoms with Crippen LogP contribution in [0.25, 0.3) is 0 Å². The van der Waals surface area contributed by atoms with Gasteiger partial charge in [-0.3, -0.25) is 4.79 Å². The van der Waals surface area contributed by atoms with Crippen molar-refractivity contribution < 1.29 is 27.1 Å². The lowest BCUT2D eigenvalue weighted by Gasteiger charge is -2.21. The second kappa shape index (κ2) is 8.64. The summed E-state index contributed by atoms with van der Waals surface area (Å²) >= 11 is 5.81. The quantitative estimate of drug-likeness (QED) is 0.592. The number of hydrogen-bond acceptors (Lipinski definition) is 6. The minimum absolute atomic E-state index is 0.0331. The molecule has 1 atom stereocenters. The first kappa shape index (κ1) is 21.3. The summed E-state index contributed by atoms with van der Waals surface area (Å²) in [6.45, 7) is 2.82. The number of rotatable bonds is 6. The van der Waals surface area contributed by atoms with Crippen LogP contribution in [-0.2, 0) is 15.6 Å². The van der Waals surface area contributed by atoms with Crippen LogP contribution in [0.3, 0.4) is 0 Å². The number of hydrogen-bond donors (Lipinski definition) is 1. The Balaban J connectivity index is 1.42. The summed E-state index contributed by atoms with van der Waals surface area (Å²) in [5.74, 6) is 0.707. The zero-order valence-electron chi connectivity index (χ0n) is 16.6. The molecular weight excluding hydrogens is 442 g/mol. The molecule has 0 fully saturated rings. The Morgan fingerprint density at radius 3 is 2.48 bits per heavy atom. The summed E-state index contributed by atoms with van der Waals surface area (Å²) in [6.07, 6.45) is 0. The lowest BCUT2D eigenvalue weighted by molar-refractivity contribution is 0.0910. The molecule has 0 radical (unpaired) electrons. The smallest absolute Gasteiger partial charge is 0.287 e. The molecule has 4 rings (SSSR count). The molecular formula is C22H20ClNO6S. The summed E-state index contributed by atoms with van der Waals surface area (Å²) in [7, 11) is -3.63. The van der Waals surface area contributed by atoms with E-state index in [0.717, 1.165) is 5.56 Å². The maximum Gasteiger partial charge on any atom is 0.287 e. The van der Waals surface area contributed by atoms with Crippen molar-refractivity contribution in [2.24, 2.45) is 0 Å². The van der Waals surface area contributed by atoms with Crippen LogP contribution < -0.4 is 14.8 Å². The Morgan fingerprint density at radius 2 is 1.74 bits per heavy atom. The van der Waals surface area contributed by atoms with Crippen LogP contribution in [0.4, 0.5) is 0 Å². The number of benzene rings is 2. The molecule has 9 heteroatoms.